The van der Waals surface area contributed by atoms with Gasteiger partial charge in [0.1, 0.15) is 5.82 Å². The number of ether oxygens (including phenoxy) is 2. The second kappa shape index (κ2) is 9.91. The van der Waals surface area contributed by atoms with Crippen molar-refractivity contribution in [2.24, 2.45) is 0 Å². The zero-order valence-electron chi connectivity index (χ0n) is 18.8. The van der Waals surface area contributed by atoms with Gasteiger partial charge in [-0.15, -0.1) is 0 Å². The van der Waals surface area contributed by atoms with Crippen LogP contribution in [0.1, 0.15) is 21.5 Å². The summed E-state index contributed by atoms with van der Waals surface area (Å²) in [5.74, 6) is -1.03. The van der Waals surface area contributed by atoms with Gasteiger partial charge in [0.2, 0.25) is 0 Å². The van der Waals surface area contributed by atoms with Crippen LogP contribution < -0.4 is 14.2 Å². The number of sulfonamides is 1. The van der Waals surface area contributed by atoms with E-state index in [1.807, 2.05) is 31.2 Å². The smallest absolute Gasteiger partial charge is 0.262 e. The van der Waals surface area contributed by atoms with Gasteiger partial charge in [-0.1, -0.05) is 36.4 Å². The number of halogens is 1. The van der Waals surface area contributed by atoms with Crippen LogP contribution in [0, 0.1) is 12.7 Å². The summed E-state index contributed by atoms with van der Waals surface area (Å²) in [6.07, 6.45) is 0. The summed E-state index contributed by atoms with van der Waals surface area (Å²) in [6, 6.07) is 15.5. The lowest BCUT2D eigenvalue weighted by atomic mass is 10.1. The molecule has 7 nitrogen and oxygen atoms in total. The van der Waals surface area contributed by atoms with E-state index in [9.17, 15) is 17.6 Å². The number of amides is 1. The molecule has 0 spiro atoms. The second-order valence-corrected chi connectivity index (χ2v) is 9.06. The molecule has 3 rings (SSSR count). The van der Waals surface area contributed by atoms with Crippen LogP contribution in [-0.2, 0) is 16.6 Å². The molecule has 0 aliphatic carbocycles. The number of carbonyl (C=O) groups excluding carboxylic acids is 1. The van der Waals surface area contributed by atoms with Crippen LogP contribution in [0.15, 0.2) is 65.6 Å². The molecule has 174 valence electrons. The predicted octanol–water partition coefficient (Wildman–Crippen LogP) is 4.22. The minimum atomic E-state index is -4.24. The second-order valence-electron chi connectivity index (χ2n) is 7.38. The Hall–Kier alpha value is -3.59. The summed E-state index contributed by atoms with van der Waals surface area (Å²) < 4.78 is 52.9. The third-order valence-corrected chi connectivity index (χ3v) is 6.47. The molecule has 0 radical (unpaired) electrons. The fourth-order valence-corrected chi connectivity index (χ4v) is 4.43. The van der Waals surface area contributed by atoms with E-state index in [1.54, 1.807) is 7.05 Å². The van der Waals surface area contributed by atoms with Crippen LogP contribution in [0.5, 0.6) is 11.5 Å². The highest BCUT2D eigenvalue weighted by atomic mass is 32.2. The largest absolute Gasteiger partial charge is 0.493 e. The Morgan fingerprint density at radius 2 is 1.70 bits per heavy atom. The fourth-order valence-electron chi connectivity index (χ4n) is 3.32. The molecule has 0 atom stereocenters. The summed E-state index contributed by atoms with van der Waals surface area (Å²) >= 11 is 0. The fraction of sp³-hybridized carbons (Fsp3) is 0.208. The van der Waals surface area contributed by atoms with Crippen molar-refractivity contribution in [3.05, 3.63) is 83.2 Å². The average molecular weight is 473 g/mol. The molecular weight excluding hydrogens is 447 g/mol. The minimum Gasteiger partial charge on any atom is -0.493 e. The van der Waals surface area contributed by atoms with Crippen molar-refractivity contribution in [3.8, 4) is 11.5 Å². The molecular formula is C24H25FN2O5S. The standard InChI is InChI=1S/C24H25FN2O5S/c1-16-9-5-6-10-17(16)15-27(2)24(28)19-13-18(14-22(31-3)23(19)32-4)33(29,30)26-21-12-8-7-11-20(21)25/h5-14,26H,15H2,1-4H3. The third-order valence-electron chi connectivity index (χ3n) is 5.13. The Balaban J connectivity index is 2.02. The molecule has 3 aromatic carbocycles. The molecule has 0 saturated heterocycles. The molecule has 0 aliphatic rings. The molecule has 33 heavy (non-hydrogen) atoms. The van der Waals surface area contributed by atoms with Crippen LogP contribution in [0.2, 0.25) is 0 Å². The highest BCUT2D eigenvalue weighted by Crippen LogP contribution is 2.35. The predicted molar refractivity (Wildman–Crippen MR) is 124 cm³/mol. The van der Waals surface area contributed by atoms with Gasteiger partial charge < -0.3 is 14.4 Å². The molecule has 0 aliphatic heterocycles. The first-order valence-electron chi connectivity index (χ1n) is 10.0. The minimum absolute atomic E-state index is 0.00171. The van der Waals surface area contributed by atoms with Crippen molar-refractivity contribution in [1.82, 2.24) is 4.90 Å². The van der Waals surface area contributed by atoms with Crippen molar-refractivity contribution < 1.29 is 27.1 Å². The van der Waals surface area contributed by atoms with Crippen molar-refractivity contribution in [2.45, 2.75) is 18.4 Å². The lowest BCUT2D eigenvalue weighted by Crippen LogP contribution is -2.27. The number of benzene rings is 3. The number of carbonyl (C=O) groups is 1. The van der Waals surface area contributed by atoms with Gasteiger partial charge in [-0.3, -0.25) is 9.52 Å². The number of hydrogen-bond acceptors (Lipinski definition) is 5. The number of rotatable bonds is 8. The van der Waals surface area contributed by atoms with Crippen LogP contribution in [0.25, 0.3) is 0 Å². The number of para-hydroxylation sites is 1. The molecule has 0 aromatic heterocycles. The lowest BCUT2D eigenvalue weighted by molar-refractivity contribution is 0.0780. The van der Waals surface area contributed by atoms with E-state index >= 15 is 0 Å². The lowest BCUT2D eigenvalue weighted by Gasteiger charge is -2.21. The molecule has 0 heterocycles. The van der Waals surface area contributed by atoms with E-state index in [2.05, 4.69) is 4.72 Å². The van der Waals surface area contributed by atoms with Crippen LogP contribution in [0.4, 0.5) is 10.1 Å². The maximum atomic E-state index is 14.0. The molecule has 0 unspecified atom stereocenters. The molecule has 0 bridgehead atoms. The van der Waals surface area contributed by atoms with Crippen LogP contribution in [0.3, 0.4) is 0 Å². The van der Waals surface area contributed by atoms with Crippen molar-refractivity contribution in [3.63, 3.8) is 0 Å². The highest BCUT2D eigenvalue weighted by molar-refractivity contribution is 7.92. The number of nitrogens with zero attached hydrogens (tertiary/aromatic N) is 1. The van der Waals surface area contributed by atoms with Crippen LogP contribution in [-0.4, -0.2) is 40.5 Å². The maximum Gasteiger partial charge on any atom is 0.262 e. The molecule has 1 N–H and O–H groups in total. The number of aryl methyl sites for hydroxylation is 1. The van der Waals surface area contributed by atoms with E-state index < -0.39 is 21.7 Å². The van der Waals surface area contributed by atoms with E-state index in [0.717, 1.165) is 17.2 Å². The zero-order valence-corrected chi connectivity index (χ0v) is 19.6. The van der Waals surface area contributed by atoms with Crippen molar-refractivity contribution in [1.29, 1.82) is 0 Å². The van der Waals surface area contributed by atoms with E-state index in [-0.39, 0.29) is 27.6 Å². The van der Waals surface area contributed by atoms with Crippen molar-refractivity contribution in [2.75, 3.05) is 26.0 Å². The molecule has 9 heteroatoms. The van der Waals surface area contributed by atoms with E-state index in [4.69, 9.17) is 9.47 Å². The SMILES string of the molecule is COc1cc(S(=O)(=O)Nc2ccccc2F)cc(C(=O)N(C)Cc2ccccc2C)c1OC. The quantitative estimate of drug-likeness (QED) is 0.531. The Morgan fingerprint density at radius 1 is 1.03 bits per heavy atom. The monoisotopic (exact) mass is 472 g/mol. The van der Waals surface area contributed by atoms with Gasteiger partial charge in [0.15, 0.2) is 11.5 Å². The first-order chi connectivity index (χ1) is 15.7. The van der Waals surface area contributed by atoms with Gasteiger partial charge in [0.25, 0.3) is 15.9 Å². The normalized spacial score (nSPS) is 11.1. The number of anilines is 1. The Labute approximate surface area is 192 Å². The third kappa shape index (κ3) is 5.25. The van der Waals surface area contributed by atoms with Gasteiger partial charge in [-0.2, -0.15) is 0 Å². The molecule has 1 amide bonds. The molecule has 3 aromatic rings. The number of hydrogen-bond donors (Lipinski definition) is 1. The Kier molecular flexibility index (Phi) is 7.23. The van der Waals surface area contributed by atoms with E-state index in [1.165, 1.54) is 49.5 Å². The van der Waals surface area contributed by atoms with Gasteiger partial charge >= 0.3 is 0 Å². The van der Waals surface area contributed by atoms with Gasteiger partial charge in [0, 0.05) is 19.7 Å². The van der Waals surface area contributed by atoms with Gasteiger partial charge in [-0.05, 0) is 36.2 Å². The first kappa shape index (κ1) is 24.1. The van der Waals surface area contributed by atoms with Gasteiger partial charge in [0.05, 0.1) is 30.4 Å². The highest BCUT2D eigenvalue weighted by Gasteiger charge is 2.26. The maximum absolute atomic E-state index is 14.0. The topological polar surface area (TPSA) is 84.9 Å². The Bertz CT molecular complexity index is 1280. The Morgan fingerprint density at radius 3 is 2.33 bits per heavy atom. The number of methoxy groups -OCH3 is 2. The van der Waals surface area contributed by atoms with Gasteiger partial charge in [-0.25, -0.2) is 12.8 Å². The number of nitrogens with one attached hydrogen (secondary N) is 1. The summed E-state index contributed by atoms with van der Waals surface area (Å²) in [6.45, 7) is 2.25. The zero-order chi connectivity index (χ0) is 24.2. The summed E-state index contributed by atoms with van der Waals surface area (Å²) in [5, 5.41) is 0. The van der Waals surface area contributed by atoms with Crippen LogP contribution >= 0.6 is 0 Å². The summed E-state index contributed by atoms with van der Waals surface area (Å²) in [5.41, 5.74) is 1.76. The van der Waals surface area contributed by atoms with E-state index in [0.29, 0.717) is 6.54 Å². The molecule has 0 saturated carbocycles. The summed E-state index contributed by atoms with van der Waals surface area (Å²) in [4.78, 5) is 14.5. The average Bonchev–Trinajstić information content (AvgIpc) is 2.80. The summed E-state index contributed by atoms with van der Waals surface area (Å²) in [7, 11) is 0.0735. The van der Waals surface area contributed by atoms with Crippen molar-refractivity contribution >= 4 is 21.6 Å². The first-order valence-corrected chi connectivity index (χ1v) is 11.5. The molecule has 0 fully saturated rings.